The largest absolute Gasteiger partial charge is 0.370 e. The summed E-state index contributed by atoms with van der Waals surface area (Å²) in [7, 11) is 0. The molecule has 0 unspecified atom stereocenters. The van der Waals surface area contributed by atoms with Gasteiger partial charge in [-0.05, 0) is 23.8 Å². The van der Waals surface area contributed by atoms with Gasteiger partial charge in [-0.2, -0.15) is 13.8 Å². The minimum absolute atomic E-state index is 0.0403. The number of carbonyl (C=O) groups is 1. The highest BCUT2D eigenvalue weighted by Gasteiger charge is 2.40. The molecule has 0 bridgehead atoms. The van der Waals surface area contributed by atoms with Gasteiger partial charge in [-0.1, -0.05) is 17.3 Å². The average Bonchev–Trinajstić information content (AvgIpc) is 3.22. The first-order valence-corrected chi connectivity index (χ1v) is 9.06. The highest BCUT2D eigenvalue weighted by molar-refractivity contribution is 5.90. The van der Waals surface area contributed by atoms with Crippen LogP contribution in [-0.2, 0) is 22.6 Å². The SMILES string of the molecule is O=C(CCc1nc(-c2ncccn2)no1)Nc1cccc(COCC(F)(F)C(F)F)c1. The molecule has 2 heterocycles. The zero-order valence-electron chi connectivity index (χ0n) is 16.0. The van der Waals surface area contributed by atoms with Crippen molar-refractivity contribution < 1.29 is 31.6 Å². The van der Waals surface area contributed by atoms with Crippen molar-refractivity contribution in [1.82, 2.24) is 20.1 Å². The van der Waals surface area contributed by atoms with Gasteiger partial charge in [-0.3, -0.25) is 4.79 Å². The molecule has 0 aliphatic heterocycles. The van der Waals surface area contributed by atoms with Gasteiger partial charge in [0.15, 0.2) is 0 Å². The predicted octanol–water partition coefficient (Wildman–Crippen LogP) is 3.51. The second-order valence-corrected chi connectivity index (χ2v) is 6.39. The smallest absolute Gasteiger partial charge is 0.330 e. The number of halogens is 4. The molecule has 31 heavy (non-hydrogen) atoms. The van der Waals surface area contributed by atoms with Crippen LogP contribution in [0, 0.1) is 0 Å². The van der Waals surface area contributed by atoms with Crippen LogP contribution in [0.1, 0.15) is 17.9 Å². The Balaban J connectivity index is 1.47. The maximum atomic E-state index is 12.9. The van der Waals surface area contributed by atoms with Crippen molar-refractivity contribution in [2.24, 2.45) is 0 Å². The van der Waals surface area contributed by atoms with E-state index in [1.165, 1.54) is 18.5 Å². The lowest BCUT2D eigenvalue weighted by molar-refractivity contribution is -0.168. The third kappa shape index (κ3) is 6.54. The third-order valence-electron chi connectivity index (χ3n) is 3.89. The first-order chi connectivity index (χ1) is 14.8. The van der Waals surface area contributed by atoms with E-state index < -0.39 is 19.0 Å². The van der Waals surface area contributed by atoms with Crippen LogP contribution < -0.4 is 5.32 Å². The lowest BCUT2D eigenvalue weighted by Gasteiger charge is -2.15. The van der Waals surface area contributed by atoms with Gasteiger partial charge in [0.25, 0.3) is 0 Å². The van der Waals surface area contributed by atoms with Gasteiger partial charge < -0.3 is 14.6 Å². The third-order valence-corrected chi connectivity index (χ3v) is 3.89. The van der Waals surface area contributed by atoms with E-state index in [2.05, 4.69) is 30.2 Å². The Bertz CT molecular complexity index is 1000. The number of nitrogens with one attached hydrogen (secondary N) is 1. The molecule has 3 rings (SSSR count). The molecule has 0 atom stereocenters. The summed E-state index contributed by atoms with van der Waals surface area (Å²) in [6, 6.07) is 7.86. The van der Waals surface area contributed by atoms with Gasteiger partial charge in [0.2, 0.25) is 23.4 Å². The number of alkyl halides is 4. The van der Waals surface area contributed by atoms with Crippen molar-refractivity contribution in [1.29, 1.82) is 0 Å². The minimum Gasteiger partial charge on any atom is -0.370 e. The van der Waals surface area contributed by atoms with E-state index in [9.17, 15) is 22.4 Å². The molecule has 0 spiro atoms. The molecular weight excluding hydrogens is 422 g/mol. The van der Waals surface area contributed by atoms with E-state index in [1.54, 1.807) is 24.3 Å². The Morgan fingerprint density at radius 1 is 1.16 bits per heavy atom. The van der Waals surface area contributed by atoms with Gasteiger partial charge in [0.05, 0.1) is 6.61 Å². The Labute approximate surface area is 173 Å². The second-order valence-electron chi connectivity index (χ2n) is 6.39. The number of ether oxygens (including phenoxy) is 1. The second kappa shape index (κ2) is 10.1. The molecular formula is C19H17F4N5O3. The fourth-order valence-corrected chi connectivity index (χ4v) is 2.41. The number of aromatic nitrogens is 4. The maximum absolute atomic E-state index is 12.9. The van der Waals surface area contributed by atoms with Crippen molar-refractivity contribution in [3.8, 4) is 11.6 Å². The molecule has 1 N–H and O–H groups in total. The fraction of sp³-hybridized carbons (Fsp3) is 0.316. The monoisotopic (exact) mass is 439 g/mol. The van der Waals surface area contributed by atoms with Gasteiger partial charge in [-0.15, -0.1) is 0 Å². The summed E-state index contributed by atoms with van der Waals surface area (Å²) in [5, 5.41) is 6.40. The van der Waals surface area contributed by atoms with Crippen LogP contribution in [0.4, 0.5) is 23.2 Å². The van der Waals surface area contributed by atoms with Crippen molar-refractivity contribution >= 4 is 11.6 Å². The van der Waals surface area contributed by atoms with E-state index in [4.69, 9.17) is 4.52 Å². The number of anilines is 1. The number of nitrogens with zero attached hydrogens (tertiary/aromatic N) is 4. The Hall–Kier alpha value is -3.41. The minimum atomic E-state index is -4.22. The number of hydrogen-bond acceptors (Lipinski definition) is 7. The predicted molar refractivity (Wildman–Crippen MR) is 99.3 cm³/mol. The highest BCUT2D eigenvalue weighted by Crippen LogP contribution is 2.23. The molecule has 8 nitrogen and oxygen atoms in total. The van der Waals surface area contributed by atoms with Gasteiger partial charge >= 0.3 is 12.3 Å². The van der Waals surface area contributed by atoms with E-state index in [-0.39, 0.29) is 37.1 Å². The fourth-order valence-electron chi connectivity index (χ4n) is 2.41. The summed E-state index contributed by atoms with van der Waals surface area (Å²) in [6.07, 6.45) is -0.506. The van der Waals surface area contributed by atoms with Gasteiger partial charge in [0, 0.05) is 30.9 Å². The van der Waals surface area contributed by atoms with Crippen LogP contribution in [0.2, 0.25) is 0 Å². The Morgan fingerprint density at radius 2 is 1.94 bits per heavy atom. The van der Waals surface area contributed by atoms with E-state index in [1.807, 2.05) is 0 Å². The Kier molecular flexibility index (Phi) is 7.23. The molecule has 164 valence electrons. The number of rotatable bonds is 10. The summed E-state index contributed by atoms with van der Waals surface area (Å²) in [4.78, 5) is 24.3. The molecule has 3 aromatic rings. The summed E-state index contributed by atoms with van der Waals surface area (Å²) >= 11 is 0. The van der Waals surface area contributed by atoms with Crippen LogP contribution in [0.15, 0.2) is 47.2 Å². The summed E-state index contributed by atoms with van der Waals surface area (Å²) in [5.41, 5.74) is 0.836. The van der Waals surface area contributed by atoms with Crippen molar-refractivity contribution in [3.05, 3.63) is 54.2 Å². The van der Waals surface area contributed by atoms with Crippen molar-refractivity contribution in [3.63, 3.8) is 0 Å². The van der Waals surface area contributed by atoms with Crippen molar-refractivity contribution in [2.75, 3.05) is 11.9 Å². The summed E-state index contributed by atoms with van der Waals surface area (Å²) in [6.45, 7) is -1.71. The number of aryl methyl sites for hydroxylation is 1. The van der Waals surface area contributed by atoms with Gasteiger partial charge in [-0.25, -0.2) is 18.7 Å². The zero-order valence-corrected chi connectivity index (χ0v) is 16.0. The highest BCUT2D eigenvalue weighted by atomic mass is 19.3. The number of hydrogen-bond donors (Lipinski definition) is 1. The molecule has 12 heteroatoms. The standard InChI is InChI=1S/C19H17F4N5O3/c20-18(21)19(22,23)11-30-10-12-3-1-4-13(9-12)26-14(29)5-6-15-27-17(28-31-15)16-24-7-2-8-25-16/h1-4,7-9,18H,5-6,10-11H2,(H,26,29). The Morgan fingerprint density at radius 3 is 2.68 bits per heavy atom. The van der Waals surface area contributed by atoms with Crippen LogP contribution in [0.5, 0.6) is 0 Å². The number of carbonyl (C=O) groups excluding carboxylic acids is 1. The molecule has 0 aliphatic carbocycles. The van der Waals surface area contributed by atoms with Gasteiger partial charge in [0.1, 0.15) is 6.61 Å². The van der Waals surface area contributed by atoms with E-state index >= 15 is 0 Å². The topological polar surface area (TPSA) is 103 Å². The molecule has 1 amide bonds. The normalized spacial score (nSPS) is 11.6. The molecule has 0 saturated carbocycles. The molecule has 0 aliphatic rings. The molecule has 0 radical (unpaired) electrons. The van der Waals surface area contributed by atoms with E-state index in [0.717, 1.165) is 0 Å². The van der Waals surface area contributed by atoms with Crippen LogP contribution in [-0.4, -0.2) is 45.0 Å². The van der Waals surface area contributed by atoms with Crippen LogP contribution >= 0.6 is 0 Å². The number of amides is 1. The zero-order chi connectivity index (χ0) is 22.3. The lowest BCUT2D eigenvalue weighted by Crippen LogP contribution is -2.32. The molecule has 1 aromatic carbocycles. The quantitative estimate of drug-likeness (QED) is 0.482. The average molecular weight is 439 g/mol. The summed E-state index contributed by atoms with van der Waals surface area (Å²) < 4.78 is 59.7. The number of benzene rings is 1. The van der Waals surface area contributed by atoms with Crippen molar-refractivity contribution in [2.45, 2.75) is 31.8 Å². The van der Waals surface area contributed by atoms with Crippen LogP contribution in [0.3, 0.4) is 0 Å². The molecule has 0 saturated heterocycles. The first-order valence-electron chi connectivity index (χ1n) is 9.06. The lowest BCUT2D eigenvalue weighted by atomic mass is 10.2. The molecule has 2 aromatic heterocycles. The van der Waals surface area contributed by atoms with E-state index in [0.29, 0.717) is 17.1 Å². The van der Waals surface area contributed by atoms with Crippen LogP contribution in [0.25, 0.3) is 11.6 Å². The molecule has 0 fully saturated rings. The first kappa shape index (κ1) is 22.3. The summed E-state index contributed by atoms with van der Waals surface area (Å²) in [5.74, 6) is -3.82. The maximum Gasteiger partial charge on any atom is 0.330 e.